The van der Waals surface area contributed by atoms with Crippen LogP contribution in [0.4, 0.5) is 5.69 Å². The van der Waals surface area contributed by atoms with Crippen LogP contribution in [0.1, 0.15) is 15.9 Å². The Labute approximate surface area is 187 Å². The molecule has 11 heteroatoms. The Hall–Kier alpha value is -3.67. The number of benzene rings is 1. The van der Waals surface area contributed by atoms with Gasteiger partial charge in [0.2, 0.25) is 5.78 Å². The van der Waals surface area contributed by atoms with Crippen molar-refractivity contribution in [3.05, 3.63) is 52.5 Å². The fourth-order valence-electron chi connectivity index (χ4n) is 5.27. The Morgan fingerprint density at radius 1 is 1.18 bits per heavy atom. The quantitative estimate of drug-likeness (QED) is 0.166. The number of carbonyl (C=O) groups is 3. The predicted molar refractivity (Wildman–Crippen MR) is 115 cm³/mol. The summed E-state index contributed by atoms with van der Waals surface area (Å²) in [4.78, 5) is 39.9. The van der Waals surface area contributed by atoms with E-state index in [2.05, 4.69) is 6.58 Å². The summed E-state index contributed by atoms with van der Waals surface area (Å²) >= 11 is 0. The van der Waals surface area contributed by atoms with Crippen molar-refractivity contribution in [3.63, 3.8) is 0 Å². The lowest BCUT2D eigenvalue weighted by molar-refractivity contribution is -0.159. The molecule has 0 fully saturated rings. The molecule has 0 spiro atoms. The van der Waals surface area contributed by atoms with Crippen LogP contribution in [-0.2, 0) is 9.59 Å². The smallest absolute Gasteiger partial charge is 0.255 e. The molecule has 4 rings (SSSR count). The number of aliphatic hydroxyl groups is 4. The monoisotopic (exact) mass is 457 g/mol. The Kier molecular flexibility index (Phi) is 4.72. The van der Waals surface area contributed by atoms with Crippen molar-refractivity contribution in [2.24, 2.45) is 17.6 Å². The molecule has 1 aromatic carbocycles. The highest BCUT2D eigenvalue weighted by Crippen LogP contribution is 2.55. The summed E-state index contributed by atoms with van der Waals surface area (Å²) in [6.07, 6.45) is -1.72. The summed E-state index contributed by atoms with van der Waals surface area (Å²) in [6.45, 7) is 3.90. The molecule has 5 atom stereocenters. The molecule has 0 heterocycles. The third-order valence-corrected chi connectivity index (χ3v) is 6.77. The van der Waals surface area contributed by atoms with E-state index in [0.717, 1.165) is 0 Å². The maximum atomic E-state index is 13.4. The number of aromatic hydroxyl groups is 1. The summed E-state index contributed by atoms with van der Waals surface area (Å²) in [5.41, 5.74) is 6.29. The standard InChI is InChI=1S/C22H23N3O8/c1-6-7-4-5-8(23)15(26)10(7)16(27)11-9(6)17(28)13-14(25(2)3)18(29)12(21(24)32)20(31)22(13,33)19(11)30/h4-5,9,13-14,17,26,28-30,33H,1,23H2,2-3H3,(H2,24,32)/t9-,13-,14+,17+,22+/m1/s1. The number of phenols is 1. The number of rotatable bonds is 2. The van der Waals surface area contributed by atoms with Crippen LogP contribution < -0.4 is 11.5 Å². The molecule has 0 saturated heterocycles. The van der Waals surface area contributed by atoms with E-state index in [9.17, 15) is 39.9 Å². The predicted octanol–water partition coefficient (Wildman–Crippen LogP) is -0.856. The number of nitrogen functional groups attached to an aromatic ring is 1. The number of hydrogen-bond donors (Lipinski definition) is 7. The van der Waals surface area contributed by atoms with Crippen LogP contribution in [0.15, 0.2) is 41.4 Å². The number of anilines is 1. The van der Waals surface area contributed by atoms with Gasteiger partial charge in [-0.3, -0.25) is 19.3 Å². The van der Waals surface area contributed by atoms with Gasteiger partial charge in [-0.15, -0.1) is 0 Å². The first-order chi connectivity index (χ1) is 15.3. The number of ketones is 2. The molecule has 9 N–H and O–H groups in total. The second-order valence-corrected chi connectivity index (χ2v) is 8.67. The largest absolute Gasteiger partial charge is 0.510 e. The fourth-order valence-corrected chi connectivity index (χ4v) is 5.27. The number of amides is 1. The molecule has 0 aromatic heterocycles. The maximum absolute atomic E-state index is 13.4. The van der Waals surface area contributed by atoms with Gasteiger partial charge >= 0.3 is 0 Å². The van der Waals surface area contributed by atoms with Gasteiger partial charge in [-0.25, -0.2) is 0 Å². The summed E-state index contributed by atoms with van der Waals surface area (Å²) in [7, 11) is 2.91. The van der Waals surface area contributed by atoms with E-state index in [1.54, 1.807) is 0 Å². The van der Waals surface area contributed by atoms with E-state index in [4.69, 9.17) is 11.5 Å². The minimum Gasteiger partial charge on any atom is -0.510 e. The van der Waals surface area contributed by atoms with E-state index in [1.165, 1.54) is 31.1 Å². The first-order valence-electron chi connectivity index (χ1n) is 9.91. The number of nitrogens with two attached hydrogens (primary N) is 2. The van der Waals surface area contributed by atoms with Gasteiger partial charge in [0, 0.05) is 5.92 Å². The first kappa shape index (κ1) is 22.5. The third-order valence-electron chi connectivity index (χ3n) is 6.77. The van der Waals surface area contributed by atoms with Crippen LogP contribution in [0.3, 0.4) is 0 Å². The van der Waals surface area contributed by atoms with Gasteiger partial charge < -0.3 is 37.0 Å². The summed E-state index contributed by atoms with van der Waals surface area (Å²) in [6, 6.07) is 1.43. The number of primary amides is 1. The average Bonchev–Trinajstić information content (AvgIpc) is 2.72. The molecule has 0 unspecified atom stereocenters. The van der Waals surface area contributed by atoms with Crippen molar-refractivity contribution in [2.75, 3.05) is 19.8 Å². The molecule has 1 aromatic rings. The van der Waals surface area contributed by atoms with Gasteiger partial charge in [0.05, 0.1) is 34.9 Å². The highest BCUT2D eigenvalue weighted by molar-refractivity contribution is 6.25. The summed E-state index contributed by atoms with van der Waals surface area (Å²) < 4.78 is 0. The van der Waals surface area contributed by atoms with Crippen molar-refractivity contribution in [1.82, 2.24) is 4.90 Å². The highest BCUT2D eigenvalue weighted by Gasteiger charge is 2.67. The van der Waals surface area contributed by atoms with E-state index in [0.29, 0.717) is 0 Å². The van der Waals surface area contributed by atoms with E-state index < -0.39 is 75.5 Å². The highest BCUT2D eigenvalue weighted by atomic mass is 16.4. The van der Waals surface area contributed by atoms with Crippen LogP contribution in [0, 0.1) is 11.8 Å². The molecular formula is C22H23N3O8. The zero-order valence-electron chi connectivity index (χ0n) is 17.7. The van der Waals surface area contributed by atoms with Crippen LogP contribution in [0.25, 0.3) is 5.57 Å². The second kappa shape index (κ2) is 6.91. The number of nitrogens with zero attached hydrogens (tertiary/aromatic N) is 1. The Morgan fingerprint density at radius 3 is 2.33 bits per heavy atom. The number of likely N-dealkylation sites (N-methyl/N-ethyl adjacent to an activating group) is 1. The molecular weight excluding hydrogens is 434 g/mol. The molecule has 0 radical (unpaired) electrons. The lowest BCUT2D eigenvalue weighted by Gasteiger charge is -2.52. The number of phenolic OH excluding ortho intramolecular Hbond substituents is 1. The second-order valence-electron chi connectivity index (χ2n) is 8.67. The molecule has 1 amide bonds. The van der Waals surface area contributed by atoms with Gasteiger partial charge in [-0.05, 0) is 31.3 Å². The van der Waals surface area contributed by atoms with Gasteiger partial charge in [0.25, 0.3) is 5.91 Å². The van der Waals surface area contributed by atoms with Crippen LogP contribution in [0.5, 0.6) is 5.75 Å². The number of carbonyl (C=O) groups excluding carboxylic acids is 3. The Morgan fingerprint density at radius 2 is 1.79 bits per heavy atom. The summed E-state index contributed by atoms with van der Waals surface area (Å²) in [5, 5.41) is 55.1. The first-order valence-corrected chi connectivity index (χ1v) is 9.91. The molecule has 0 bridgehead atoms. The average molecular weight is 457 g/mol. The normalized spacial score (nSPS) is 31.5. The lowest BCUT2D eigenvalue weighted by Crippen LogP contribution is -2.68. The molecule has 3 aliphatic rings. The SMILES string of the molecule is C=C1c2ccc(N)c(O)c2C(=O)C2=C(O)[C@]3(O)C(=O)C(C(N)=O)=C(O)[C@@H](N(C)C)[C@@H]3[C@@H](O)[C@H]12. The van der Waals surface area contributed by atoms with Gasteiger partial charge in [0.15, 0.2) is 11.4 Å². The number of fused-ring (bicyclic) bond motifs is 3. The molecule has 0 saturated carbocycles. The van der Waals surface area contributed by atoms with Crippen LogP contribution >= 0.6 is 0 Å². The fraction of sp³-hybridized carbons (Fsp3) is 0.318. The number of hydrogen-bond acceptors (Lipinski definition) is 10. The minimum absolute atomic E-state index is 0.116. The van der Waals surface area contributed by atoms with Crippen LogP contribution in [-0.4, -0.2) is 79.7 Å². The van der Waals surface area contributed by atoms with Gasteiger partial charge in [-0.2, -0.15) is 0 Å². The number of aliphatic hydroxyl groups excluding tert-OH is 3. The number of Topliss-reactive ketones (excluding diaryl/α,β-unsaturated/α-hetero) is 2. The van der Waals surface area contributed by atoms with E-state index in [-0.39, 0.29) is 22.4 Å². The van der Waals surface area contributed by atoms with Crippen molar-refractivity contribution in [3.8, 4) is 5.75 Å². The zero-order chi connectivity index (χ0) is 24.7. The van der Waals surface area contributed by atoms with Gasteiger partial charge in [0.1, 0.15) is 22.8 Å². The van der Waals surface area contributed by atoms with Crippen molar-refractivity contribution in [1.29, 1.82) is 0 Å². The molecule has 33 heavy (non-hydrogen) atoms. The Balaban J connectivity index is 2.08. The summed E-state index contributed by atoms with van der Waals surface area (Å²) in [5.74, 6) is -9.19. The van der Waals surface area contributed by atoms with Gasteiger partial charge in [-0.1, -0.05) is 12.6 Å². The van der Waals surface area contributed by atoms with Crippen molar-refractivity contribution >= 4 is 28.7 Å². The van der Waals surface area contributed by atoms with E-state index >= 15 is 0 Å². The molecule has 174 valence electrons. The molecule has 3 aliphatic carbocycles. The molecule has 0 aliphatic heterocycles. The minimum atomic E-state index is -2.97. The zero-order valence-corrected chi connectivity index (χ0v) is 17.7. The third kappa shape index (κ3) is 2.58. The maximum Gasteiger partial charge on any atom is 0.255 e. The van der Waals surface area contributed by atoms with Crippen molar-refractivity contribution in [2.45, 2.75) is 17.7 Å². The lowest BCUT2D eigenvalue weighted by atomic mass is 9.56. The topological polar surface area (TPSA) is 208 Å². The van der Waals surface area contributed by atoms with Crippen molar-refractivity contribution < 1.29 is 39.9 Å². The Bertz CT molecular complexity index is 1230. The van der Waals surface area contributed by atoms with Crippen LogP contribution in [0.2, 0.25) is 0 Å². The molecule has 11 nitrogen and oxygen atoms in total. The van der Waals surface area contributed by atoms with E-state index in [1.807, 2.05) is 0 Å².